The smallest absolute Gasteiger partial charge is 0.259 e. The van der Waals surface area contributed by atoms with Gasteiger partial charge >= 0.3 is 0 Å². The van der Waals surface area contributed by atoms with Crippen LogP contribution in [-0.2, 0) is 6.54 Å². The van der Waals surface area contributed by atoms with Crippen molar-refractivity contribution < 1.29 is 14.3 Å². The van der Waals surface area contributed by atoms with Gasteiger partial charge in [-0.3, -0.25) is 9.89 Å². The predicted octanol–water partition coefficient (Wildman–Crippen LogP) is 2.65. The third-order valence-electron chi connectivity index (χ3n) is 4.27. The molecule has 0 radical (unpaired) electrons. The van der Waals surface area contributed by atoms with Crippen LogP contribution in [0.4, 0.5) is 5.69 Å². The molecule has 3 heterocycles. The number of fused-ring (bicyclic) bond motifs is 1. The summed E-state index contributed by atoms with van der Waals surface area (Å²) in [4.78, 5) is 18.5. The summed E-state index contributed by atoms with van der Waals surface area (Å²) in [5.74, 6) is 0.985. The van der Waals surface area contributed by atoms with Crippen molar-refractivity contribution in [2.45, 2.75) is 6.54 Å². The van der Waals surface area contributed by atoms with Gasteiger partial charge in [0.15, 0.2) is 5.75 Å². The van der Waals surface area contributed by atoms with Gasteiger partial charge < -0.3 is 14.4 Å². The molecule has 3 aromatic rings. The Morgan fingerprint density at radius 2 is 2.00 bits per heavy atom. The van der Waals surface area contributed by atoms with Crippen LogP contribution in [0.15, 0.2) is 42.9 Å². The van der Waals surface area contributed by atoms with Crippen molar-refractivity contribution in [3.63, 3.8) is 0 Å². The van der Waals surface area contributed by atoms with E-state index >= 15 is 0 Å². The highest BCUT2D eigenvalue weighted by Crippen LogP contribution is 2.33. The number of ether oxygens (including phenoxy) is 2. The summed E-state index contributed by atoms with van der Waals surface area (Å²) in [7, 11) is 3.13. The first-order valence-corrected chi connectivity index (χ1v) is 7.73. The Labute approximate surface area is 144 Å². The van der Waals surface area contributed by atoms with Crippen molar-refractivity contribution in [2.24, 2.45) is 0 Å². The zero-order chi connectivity index (χ0) is 17.4. The molecule has 0 aliphatic carbocycles. The number of hydrogen-bond acceptors (Lipinski definition) is 5. The Balaban J connectivity index is 1.70. The van der Waals surface area contributed by atoms with Gasteiger partial charge in [0.2, 0.25) is 0 Å². The van der Waals surface area contributed by atoms with Crippen LogP contribution in [0, 0.1) is 0 Å². The fourth-order valence-corrected chi connectivity index (χ4v) is 2.99. The van der Waals surface area contributed by atoms with E-state index in [1.54, 1.807) is 37.7 Å². The van der Waals surface area contributed by atoms with Crippen molar-refractivity contribution in [3.05, 3.63) is 54.0 Å². The van der Waals surface area contributed by atoms with Gasteiger partial charge in [0.1, 0.15) is 0 Å². The number of hydrogen-bond donors (Lipinski definition) is 1. The van der Waals surface area contributed by atoms with Gasteiger partial charge in [-0.2, -0.15) is 5.10 Å². The van der Waals surface area contributed by atoms with Crippen LogP contribution >= 0.6 is 0 Å². The van der Waals surface area contributed by atoms with E-state index in [-0.39, 0.29) is 5.91 Å². The second kappa shape index (κ2) is 5.94. The lowest BCUT2D eigenvalue weighted by atomic mass is 10.0. The number of rotatable bonds is 4. The van der Waals surface area contributed by atoms with Gasteiger partial charge in [-0.25, -0.2) is 4.98 Å². The molecule has 126 valence electrons. The van der Waals surface area contributed by atoms with E-state index in [9.17, 15) is 4.79 Å². The zero-order valence-corrected chi connectivity index (χ0v) is 13.8. The normalized spacial score (nSPS) is 13.0. The second-order valence-electron chi connectivity index (χ2n) is 5.66. The van der Waals surface area contributed by atoms with Crippen LogP contribution < -0.4 is 14.4 Å². The van der Waals surface area contributed by atoms with Crippen molar-refractivity contribution >= 4 is 11.6 Å². The molecular formula is C18H16N4O3. The fourth-order valence-electron chi connectivity index (χ4n) is 2.99. The van der Waals surface area contributed by atoms with E-state index in [1.807, 2.05) is 24.3 Å². The summed E-state index contributed by atoms with van der Waals surface area (Å²) in [6, 6.07) is 7.65. The molecule has 0 bridgehead atoms. The number of anilines is 1. The number of benzene rings is 1. The topological polar surface area (TPSA) is 80.3 Å². The maximum absolute atomic E-state index is 12.6. The number of carbonyl (C=O) groups excluding carboxylic acids is 1. The van der Waals surface area contributed by atoms with E-state index in [0.29, 0.717) is 23.7 Å². The molecule has 7 heteroatoms. The van der Waals surface area contributed by atoms with Gasteiger partial charge in [0, 0.05) is 23.5 Å². The Morgan fingerprint density at radius 1 is 1.12 bits per heavy atom. The number of aromatic amines is 1. The average molecular weight is 336 g/mol. The summed E-state index contributed by atoms with van der Waals surface area (Å²) in [5, 5.41) is 6.65. The number of pyridine rings is 1. The van der Waals surface area contributed by atoms with Gasteiger partial charge in [0.25, 0.3) is 11.8 Å². The molecule has 1 aliphatic rings. The molecule has 0 spiro atoms. The SMILES string of the molecule is COc1cc(-c2ccc3c(c2)CN(c2cn[nH]c2)C3=O)cnc1OC. The molecule has 0 saturated carbocycles. The first-order valence-electron chi connectivity index (χ1n) is 7.73. The Bertz CT molecular complexity index is 937. The first-order chi connectivity index (χ1) is 12.2. The second-order valence-corrected chi connectivity index (χ2v) is 5.66. The van der Waals surface area contributed by atoms with Crippen LogP contribution in [0.25, 0.3) is 11.1 Å². The van der Waals surface area contributed by atoms with E-state index in [0.717, 1.165) is 22.4 Å². The highest BCUT2D eigenvalue weighted by atomic mass is 16.5. The highest BCUT2D eigenvalue weighted by Gasteiger charge is 2.29. The standard InChI is InChI=1S/C18H16N4O3/c1-24-16-6-12(7-19-17(16)25-2)11-3-4-15-13(5-11)10-22(18(15)23)14-8-20-21-9-14/h3-9H,10H2,1-2H3,(H,20,21). The summed E-state index contributed by atoms with van der Waals surface area (Å²) < 4.78 is 10.5. The molecule has 0 unspecified atom stereocenters. The monoisotopic (exact) mass is 336 g/mol. The highest BCUT2D eigenvalue weighted by molar-refractivity contribution is 6.10. The van der Waals surface area contributed by atoms with E-state index in [2.05, 4.69) is 15.2 Å². The number of methoxy groups -OCH3 is 2. The molecule has 1 amide bonds. The zero-order valence-electron chi connectivity index (χ0n) is 13.8. The van der Waals surface area contributed by atoms with Gasteiger partial charge in [-0.15, -0.1) is 0 Å². The molecule has 0 saturated heterocycles. The molecule has 25 heavy (non-hydrogen) atoms. The molecule has 2 aromatic heterocycles. The summed E-state index contributed by atoms with van der Waals surface area (Å²) in [6.45, 7) is 0.516. The van der Waals surface area contributed by atoms with E-state index < -0.39 is 0 Å². The third kappa shape index (κ3) is 2.50. The largest absolute Gasteiger partial charge is 0.491 e. The lowest BCUT2D eigenvalue weighted by molar-refractivity contribution is 0.0996. The van der Waals surface area contributed by atoms with E-state index in [4.69, 9.17) is 9.47 Å². The molecular weight excluding hydrogens is 320 g/mol. The molecule has 0 fully saturated rings. The number of nitrogens with zero attached hydrogens (tertiary/aromatic N) is 3. The molecule has 1 aliphatic heterocycles. The molecule has 7 nitrogen and oxygen atoms in total. The minimum Gasteiger partial charge on any atom is -0.491 e. The lowest BCUT2D eigenvalue weighted by Gasteiger charge is -2.11. The minimum atomic E-state index is -0.0200. The van der Waals surface area contributed by atoms with Crippen LogP contribution in [0.1, 0.15) is 15.9 Å². The first kappa shape index (κ1) is 15.2. The minimum absolute atomic E-state index is 0.0200. The number of amides is 1. The molecule has 0 atom stereocenters. The van der Waals surface area contributed by atoms with Crippen LogP contribution in [0.5, 0.6) is 11.6 Å². The lowest BCUT2D eigenvalue weighted by Crippen LogP contribution is -2.22. The van der Waals surface area contributed by atoms with Crippen LogP contribution in [0.2, 0.25) is 0 Å². The predicted molar refractivity (Wildman–Crippen MR) is 91.9 cm³/mol. The maximum Gasteiger partial charge on any atom is 0.259 e. The third-order valence-corrected chi connectivity index (χ3v) is 4.27. The summed E-state index contributed by atoms with van der Waals surface area (Å²) in [6.07, 6.45) is 5.08. The summed E-state index contributed by atoms with van der Waals surface area (Å²) >= 11 is 0. The van der Waals surface area contributed by atoms with Crippen LogP contribution in [-0.4, -0.2) is 35.3 Å². The molecule has 1 aromatic carbocycles. The molecule has 4 rings (SSSR count). The average Bonchev–Trinajstić information content (AvgIpc) is 3.29. The van der Waals surface area contributed by atoms with Crippen molar-refractivity contribution in [3.8, 4) is 22.8 Å². The van der Waals surface area contributed by atoms with Gasteiger partial charge in [0.05, 0.1) is 32.6 Å². The maximum atomic E-state index is 12.6. The Kier molecular flexibility index (Phi) is 3.61. The van der Waals surface area contributed by atoms with Crippen molar-refractivity contribution in [1.82, 2.24) is 15.2 Å². The van der Waals surface area contributed by atoms with E-state index in [1.165, 1.54) is 0 Å². The van der Waals surface area contributed by atoms with Gasteiger partial charge in [-0.05, 0) is 29.3 Å². The summed E-state index contributed by atoms with van der Waals surface area (Å²) in [5.41, 5.74) is 4.30. The van der Waals surface area contributed by atoms with Gasteiger partial charge in [-0.1, -0.05) is 6.07 Å². The van der Waals surface area contributed by atoms with Crippen molar-refractivity contribution in [1.29, 1.82) is 0 Å². The fraction of sp³-hybridized carbons (Fsp3) is 0.167. The Hall–Kier alpha value is -3.35. The molecule has 1 N–H and O–H groups in total. The Morgan fingerprint density at radius 3 is 2.72 bits per heavy atom. The van der Waals surface area contributed by atoms with Crippen molar-refractivity contribution in [2.75, 3.05) is 19.1 Å². The number of nitrogens with one attached hydrogen (secondary N) is 1. The quantitative estimate of drug-likeness (QED) is 0.792. The number of H-pyrrole nitrogens is 1. The number of carbonyl (C=O) groups is 1. The number of aromatic nitrogens is 3. The van der Waals surface area contributed by atoms with Crippen LogP contribution in [0.3, 0.4) is 0 Å².